The summed E-state index contributed by atoms with van der Waals surface area (Å²) in [4.78, 5) is 26.2. The molecule has 1 unspecified atom stereocenters. The first-order chi connectivity index (χ1) is 15.2. The lowest BCUT2D eigenvalue weighted by atomic mass is 10.0. The van der Waals surface area contributed by atoms with E-state index in [0.29, 0.717) is 23.1 Å². The number of hydrogen-bond acceptors (Lipinski definition) is 6. The molecule has 170 valence electrons. The fourth-order valence-electron chi connectivity index (χ4n) is 3.21. The van der Waals surface area contributed by atoms with E-state index in [2.05, 4.69) is 0 Å². The molecule has 0 bridgehead atoms. The standard InChI is InChI=1S/C23H27N3O5S/c1-3-5-10-22(27)26(20(15-24)23(28)31-4-2)16-17-11-13-18(14-12-17)19-8-6-7-9-21(19)32(25,29)30/h6-9,11-14,20H,3-5,10,16H2,1-2H3,(H2,25,29,30). The van der Waals surface area contributed by atoms with Crippen LogP contribution in [0.1, 0.15) is 38.7 Å². The largest absolute Gasteiger partial charge is 0.464 e. The van der Waals surface area contributed by atoms with E-state index < -0.39 is 22.0 Å². The van der Waals surface area contributed by atoms with Gasteiger partial charge < -0.3 is 9.64 Å². The second-order valence-corrected chi connectivity index (χ2v) is 8.68. The maximum atomic E-state index is 12.7. The number of ether oxygens (including phenoxy) is 1. The summed E-state index contributed by atoms with van der Waals surface area (Å²) < 4.78 is 28.7. The lowest BCUT2D eigenvalue weighted by Crippen LogP contribution is -2.44. The van der Waals surface area contributed by atoms with Crippen LogP contribution < -0.4 is 5.14 Å². The number of benzene rings is 2. The van der Waals surface area contributed by atoms with Gasteiger partial charge in [0, 0.05) is 18.5 Å². The van der Waals surface area contributed by atoms with E-state index in [1.807, 2.05) is 13.0 Å². The fourth-order valence-corrected chi connectivity index (χ4v) is 3.97. The highest BCUT2D eigenvalue weighted by Crippen LogP contribution is 2.27. The van der Waals surface area contributed by atoms with Crippen LogP contribution in [0.4, 0.5) is 0 Å². The molecule has 0 spiro atoms. The monoisotopic (exact) mass is 457 g/mol. The Kier molecular flexibility index (Phi) is 8.93. The number of primary sulfonamides is 1. The molecule has 0 fully saturated rings. The molecular weight excluding hydrogens is 430 g/mol. The predicted molar refractivity (Wildman–Crippen MR) is 119 cm³/mol. The van der Waals surface area contributed by atoms with Gasteiger partial charge in [0.15, 0.2) is 0 Å². The number of esters is 1. The quantitative estimate of drug-likeness (QED) is 0.546. The topological polar surface area (TPSA) is 131 Å². The zero-order valence-corrected chi connectivity index (χ0v) is 19.0. The third-order valence-electron chi connectivity index (χ3n) is 4.82. The minimum atomic E-state index is -3.90. The third kappa shape index (κ3) is 6.39. The van der Waals surface area contributed by atoms with Crippen LogP contribution in [-0.4, -0.2) is 37.8 Å². The summed E-state index contributed by atoms with van der Waals surface area (Å²) in [6.07, 6.45) is 1.65. The molecule has 0 radical (unpaired) electrons. The Hall–Kier alpha value is -3.22. The molecule has 0 aliphatic heterocycles. The van der Waals surface area contributed by atoms with Crippen LogP contribution in [-0.2, 0) is 30.9 Å². The van der Waals surface area contributed by atoms with Crippen molar-refractivity contribution in [1.29, 1.82) is 5.26 Å². The fraction of sp³-hybridized carbons (Fsp3) is 0.348. The zero-order valence-electron chi connectivity index (χ0n) is 18.2. The van der Waals surface area contributed by atoms with Gasteiger partial charge in [-0.05, 0) is 30.5 Å². The number of sulfonamides is 1. The molecule has 0 aliphatic carbocycles. The van der Waals surface area contributed by atoms with Crippen molar-refractivity contribution in [2.45, 2.75) is 50.6 Å². The number of nitrogens with two attached hydrogens (primary N) is 1. The predicted octanol–water partition coefficient (Wildman–Crippen LogP) is 2.98. The molecular formula is C23H27N3O5S. The van der Waals surface area contributed by atoms with Gasteiger partial charge in [0.25, 0.3) is 0 Å². The summed E-state index contributed by atoms with van der Waals surface area (Å²) in [6.45, 7) is 3.72. The molecule has 2 rings (SSSR count). The second kappa shape index (κ2) is 11.4. The van der Waals surface area contributed by atoms with Gasteiger partial charge in [0.05, 0.1) is 17.6 Å². The lowest BCUT2D eigenvalue weighted by molar-refractivity contribution is -0.152. The Bertz CT molecular complexity index is 1090. The van der Waals surface area contributed by atoms with Crippen molar-refractivity contribution in [2.75, 3.05) is 6.61 Å². The van der Waals surface area contributed by atoms with E-state index in [-0.39, 0.29) is 30.4 Å². The van der Waals surface area contributed by atoms with E-state index in [1.54, 1.807) is 49.4 Å². The molecule has 9 heteroatoms. The molecule has 32 heavy (non-hydrogen) atoms. The number of rotatable bonds is 10. The molecule has 0 aromatic heterocycles. The Morgan fingerprint density at radius 3 is 2.34 bits per heavy atom. The number of unbranched alkanes of at least 4 members (excludes halogenated alkanes) is 1. The molecule has 2 aromatic rings. The van der Waals surface area contributed by atoms with Gasteiger partial charge in [-0.2, -0.15) is 5.26 Å². The first-order valence-electron chi connectivity index (χ1n) is 10.3. The van der Waals surface area contributed by atoms with Crippen LogP contribution in [0.5, 0.6) is 0 Å². The van der Waals surface area contributed by atoms with Gasteiger partial charge in [-0.15, -0.1) is 0 Å². The van der Waals surface area contributed by atoms with Crippen molar-refractivity contribution in [3.63, 3.8) is 0 Å². The zero-order chi connectivity index (χ0) is 23.7. The van der Waals surface area contributed by atoms with Gasteiger partial charge in [0.1, 0.15) is 0 Å². The third-order valence-corrected chi connectivity index (χ3v) is 5.79. The summed E-state index contributed by atoms with van der Waals surface area (Å²) in [5.41, 5.74) is 1.76. The highest BCUT2D eigenvalue weighted by Gasteiger charge is 2.30. The smallest absolute Gasteiger partial charge is 0.343 e. The maximum absolute atomic E-state index is 12.7. The molecule has 0 heterocycles. The molecule has 0 saturated heterocycles. The minimum absolute atomic E-state index is 0.0102. The van der Waals surface area contributed by atoms with E-state index in [9.17, 15) is 23.3 Å². The van der Waals surface area contributed by atoms with Crippen molar-refractivity contribution >= 4 is 21.9 Å². The van der Waals surface area contributed by atoms with Crippen molar-refractivity contribution in [2.24, 2.45) is 5.14 Å². The van der Waals surface area contributed by atoms with Crippen molar-refractivity contribution in [3.05, 3.63) is 54.1 Å². The average Bonchev–Trinajstić information content (AvgIpc) is 2.77. The van der Waals surface area contributed by atoms with E-state index in [1.165, 1.54) is 11.0 Å². The minimum Gasteiger partial charge on any atom is -0.464 e. The first-order valence-corrected chi connectivity index (χ1v) is 11.8. The summed E-state index contributed by atoms with van der Waals surface area (Å²) in [7, 11) is -3.90. The summed E-state index contributed by atoms with van der Waals surface area (Å²) in [6, 6.07) is 13.8. The maximum Gasteiger partial charge on any atom is 0.343 e. The highest BCUT2D eigenvalue weighted by atomic mass is 32.2. The van der Waals surface area contributed by atoms with Crippen LogP contribution in [0.2, 0.25) is 0 Å². The SMILES string of the molecule is CCCCC(=O)N(Cc1ccc(-c2ccccc2S(N)(=O)=O)cc1)C(C#N)C(=O)OCC. The van der Waals surface area contributed by atoms with Gasteiger partial charge in [-0.1, -0.05) is 55.8 Å². The number of nitriles is 1. The summed E-state index contributed by atoms with van der Waals surface area (Å²) in [5.74, 6) is -1.08. The molecule has 2 aromatic carbocycles. The van der Waals surface area contributed by atoms with E-state index in [0.717, 1.165) is 6.42 Å². The highest BCUT2D eigenvalue weighted by molar-refractivity contribution is 7.89. The Morgan fingerprint density at radius 1 is 1.12 bits per heavy atom. The summed E-state index contributed by atoms with van der Waals surface area (Å²) in [5, 5.41) is 14.9. The van der Waals surface area contributed by atoms with Crippen molar-refractivity contribution in [1.82, 2.24) is 4.90 Å². The number of amides is 1. The second-order valence-electron chi connectivity index (χ2n) is 7.15. The van der Waals surface area contributed by atoms with E-state index >= 15 is 0 Å². The van der Waals surface area contributed by atoms with Crippen LogP contribution in [0.15, 0.2) is 53.4 Å². The summed E-state index contributed by atoms with van der Waals surface area (Å²) >= 11 is 0. The van der Waals surface area contributed by atoms with Crippen LogP contribution >= 0.6 is 0 Å². The number of carbonyl (C=O) groups is 2. The lowest BCUT2D eigenvalue weighted by Gasteiger charge is -2.26. The molecule has 8 nitrogen and oxygen atoms in total. The number of nitrogens with zero attached hydrogens (tertiary/aromatic N) is 2. The van der Waals surface area contributed by atoms with Gasteiger partial charge in [-0.25, -0.2) is 18.4 Å². The van der Waals surface area contributed by atoms with Crippen LogP contribution in [0.3, 0.4) is 0 Å². The molecule has 0 saturated carbocycles. The Balaban J connectivity index is 2.34. The van der Waals surface area contributed by atoms with Gasteiger partial charge in [0.2, 0.25) is 22.0 Å². The van der Waals surface area contributed by atoms with Crippen molar-refractivity contribution in [3.8, 4) is 17.2 Å². The Morgan fingerprint density at radius 2 is 1.78 bits per heavy atom. The first kappa shape index (κ1) is 25.0. The Labute approximate surface area is 188 Å². The van der Waals surface area contributed by atoms with E-state index in [4.69, 9.17) is 9.88 Å². The molecule has 1 atom stereocenters. The van der Waals surface area contributed by atoms with Crippen molar-refractivity contribution < 1.29 is 22.7 Å². The molecule has 1 amide bonds. The average molecular weight is 458 g/mol. The van der Waals surface area contributed by atoms with Crippen LogP contribution in [0.25, 0.3) is 11.1 Å². The number of hydrogen-bond donors (Lipinski definition) is 1. The molecule has 2 N–H and O–H groups in total. The molecule has 0 aliphatic rings. The van der Waals surface area contributed by atoms with Gasteiger partial charge >= 0.3 is 5.97 Å². The van der Waals surface area contributed by atoms with Gasteiger partial charge in [-0.3, -0.25) is 4.79 Å². The van der Waals surface area contributed by atoms with Crippen LogP contribution in [0, 0.1) is 11.3 Å². The normalized spacial score (nSPS) is 11.9. The number of carbonyl (C=O) groups excluding carboxylic acids is 2.